The van der Waals surface area contributed by atoms with Gasteiger partial charge in [0.15, 0.2) is 0 Å². The van der Waals surface area contributed by atoms with Gasteiger partial charge in [-0.1, -0.05) is 20.4 Å². The summed E-state index contributed by atoms with van der Waals surface area (Å²) in [5.74, 6) is -0.0325. The molecule has 5 nitrogen and oxygen atoms in total. The SMILES string of the molecule is C=CC(=O)N1CCCc2cc(C(=O)N3CC(CC)OC(CC)C3)ccc21. The molecule has 1 aromatic rings. The second-order valence-corrected chi connectivity index (χ2v) is 7.05. The molecule has 2 aliphatic heterocycles. The molecular formula is C21H28N2O3. The molecule has 2 unspecified atom stereocenters. The topological polar surface area (TPSA) is 49.9 Å². The molecule has 1 saturated heterocycles. The van der Waals surface area contributed by atoms with E-state index in [4.69, 9.17) is 4.74 Å². The van der Waals surface area contributed by atoms with E-state index in [0.29, 0.717) is 25.2 Å². The smallest absolute Gasteiger partial charge is 0.254 e. The van der Waals surface area contributed by atoms with Crippen LogP contribution in [0.1, 0.15) is 49.0 Å². The third kappa shape index (κ3) is 3.68. The highest BCUT2D eigenvalue weighted by molar-refractivity contribution is 6.02. The van der Waals surface area contributed by atoms with Crippen molar-refractivity contribution in [1.82, 2.24) is 4.90 Å². The Labute approximate surface area is 155 Å². The summed E-state index contributed by atoms with van der Waals surface area (Å²) in [4.78, 5) is 28.8. The highest BCUT2D eigenvalue weighted by atomic mass is 16.5. The van der Waals surface area contributed by atoms with Gasteiger partial charge in [0.25, 0.3) is 5.91 Å². The van der Waals surface area contributed by atoms with E-state index in [1.54, 1.807) is 4.90 Å². The average molecular weight is 356 g/mol. The van der Waals surface area contributed by atoms with Crippen molar-refractivity contribution in [3.05, 3.63) is 42.0 Å². The van der Waals surface area contributed by atoms with Gasteiger partial charge in [0.1, 0.15) is 0 Å². The van der Waals surface area contributed by atoms with Crippen molar-refractivity contribution in [3.8, 4) is 0 Å². The molecular weight excluding hydrogens is 328 g/mol. The molecule has 0 N–H and O–H groups in total. The quantitative estimate of drug-likeness (QED) is 0.779. The summed E-state index contributed by atoms with van der Waals surface area (Å²) < 4.78 is 6.00. The number of hydrogen-bond acceptors (Lipinski definition) is 3. The summed E-state index contributed by atoms with van der Waals surface area (Å²) >= 11 is 0. The number of rotatable bonds is 4. The number of amides is 2. The third-order valence-electron chi connectivity index (χ3n) is 5.32. The molecule has 0 aromatic heterocycles. The second-order valence-electron chi connectivity index (χ2n) is 7.05. The zero-order valence-corrected chi connectivity index (χ0v) is 15.7. The van der Waals surface area contributed by atoms with Gasteiger partial charge < -0.3 is 14.5 Å². The normalized spacial score (nSPS) is 22.7. The number of carbonyl (C=O) groups excluding carboxylic acids is 2. The van der Waals surface area contributed by atoms with Gasteiger partial charge in [-0.3, -0.25) is 9.59 Å². The number of aryl methyl sites for hydroxylation is 1. The first-order chi connectivity index (χ1) is 12.6. The minimum atomic E-state index is -0.0882. The lowest BCUT2D eigenvalue weighted by molar-refractivity contribution is -0.114. The summed E-state index contributed by atoms with van der Waals surface area (Å²) in [5.41, 5.74) is 2.66. The van der Waals surface area contributed by atoms with Crippen LogP contribution in [0.4, 0.5) is 5.69 Å². The Kier molecular flexibility index (Phi) is 5.77. The van der Waals surface area contributed by atoms with Gasteiger partial charge in [0.2, 0.25) is 5.91 Å². The molecule has 1 aromatic carbocycles. The number of nitrogens with zero attached hydrogens (tertiary/aromatic N) is 2. The third-order valence-corrected chi connectivity index (χ3v) is 5.32. The van der Waals surface area contributed by atoms with Crippen molar-refractivity contribution in [2.75, 3.05) is 24.5 Å². The number of hydrogen-bond donors (Lipinski definition) is 0. The molecule has 1 fully saturated rings. The summed E-state index contributed by atoms with van der Waals surface area (Å²) in [6.07, 6.45) is 5.16. The second kappa shape index (κ2) is 8.04. The van der Waals surface area contributed by atoms with Gasteiger partial charge in [-0.2, -0.15) is 0 Å². The maximum Gasteiger partial charge on any atom is 0.254 e. The van der Waals surface area contributed by atoms with Gasteiger partial charge in [-0.25, -0.2) is 0 Å². The largest absolute Gasteiger partial charge is 0.371 e. The number of fused-ring (bicyclic) bond motifs is 1. The lowest BCUT2D eigenvalue weighted by atomic mass is 9.98. The van der Waals surface area contributed by atoms with Gasteiger partial charge >= 0.3 is 0 Å². The molecule has 3 rings (SSSR count). The molecule has 2 amide bonds. The van der Waals surface area contributed by atoms with Crippen LogP contribution in [0.5, 0.6) is 0 Å². The van der Waals surface area contributed by atoms with Crippen LogP contribution in [0, 0.1) is 0 Å². The minimum absolute atomic E-state index is 0.0557. The van der Waals surface area contributed by atoms with Crippen LogP contribution in [0.15, 0.2) is 30.9 Å². The summed E-state index contributed by atoms with van der Waals surface area (Å²) in [7, 11) is 0. The van der Waals surface area contributed by atoms with E-state index in [1.807, 2.05) is 23.1 Å². The van der Waals surface area contributed by atoms with Crippen molar-refractivity contribution < 1.29 is 14.3 Å². The van der Waals surface area contributed by atoms with Crippen LogP contribution in [0.3, 0.4) is 0 Å². The van der Waals surface area contributed by atoms with Crippen molar-refractivity contribution in [1.29, 1.82) is 0 Å². The van der Waals surface area contributed by atoms with Crippen LogP contribution in [0.2, 0.25) is 0 Å². The Morgan fingerprint density at radius 2 is 1.92 bits per heavy atom. The predicted molar refractivity (Wildman–Crippen MR) is 102 cm³/mol. The van der Waals surface area contributed by atoms with Gasteiger partial charge in [0, 0.05) is 30.9 Å². The number of morpholine rings is 1. The molecule has 0 aliphatic carbocycles. The van der Waals surface area contributed by atoms with Crippen molar-refractivity contribution in [2.45, 2.75) is 51.7 Å². The minimum Gasteiger partial charge on any atom is -0.371 e. The standard InChI is InChI=1S/C21H28N2O3/c1-4-17-13-22(14-18(5-2)26-17)21(25)16-9-10-19-15(12-16)8-7-11-23(19)20(24)6-3/h6,9-10,12,17-18H,3-5,7-8,11,13-14H2,1-2H3. The van der Waals surface area contributed by atoms with E-state index in [0.717, 1.165) is 36.9 Å². The molecule has 0 spiro atoms. The number of anilines is 1. The Bertz CT molecular complexity index is 688. The maximum absolute atomic E-state index is 13.1. The maximum atomic E-state index is 13.1. The number of benzene rings is 1. The Balaban J connectivity index is 1.82. The molecule has 140 valence electrons. The fourth-order valence-electron chi connectivity index (χ4n) is 3.79. The van der Waals surface area contributed by atoms with E-state index in [9.17, 15) is 9.59 Å². The monoisotopic (exact) mass is 356 g/mol. The highest BCUT2D eigenvalue weighted by Gasteiger charge is 2.30. The molecule has 0 bridgehead atoms. The molecule has 2 heterocycles. The van der Waals surface area contributed by atoms with Gasteiger partial charge in [-0.15, -0.1) is 0 Å². The molecule has 0 radical (unpaired) electrons. The first kappa shape index (κ1) is 18.6. The summed E-state index contributed by atoms with van der Waals surface area (Å²) in [5, 5.41) is 0. The first-order valence-electron chi connectivity index (χ1n) is 9.58. The van der Waals surface area contributed by atoms with Crippen molar-refractivity contribution in [2.24, 2.45) is 0 Å². The van der Waals surface area contributed by atoms with Gasteiger partial charge in [-0.05, 0) is 55.5 Å². The Morgan fingerprint density at radius 1 is 1.23 bits per heavy atom. The Hall–Kier alpha value is -2.14. The van der Waals surface area contributed by atoms with Crippen LogP contribution in [0.25, 0.3) is 0 Å². The fraction of sp³-hybridized carbons (Fsp3) is 0.524. The molecule has 2 atom stereocenters. The van der Waals surface area contributed by atoms with Crippen molar-refractivity contribution >= 4 is 17.5 Å². The summed E-state index contributed by atoms with van der Waals surface area (Å²) in [6, 6.07) is 5.70. The predicted octanol–water partition coefficient (Wildman–Crippen LogP) is 3.18. The lowest BCUT2D eigenvalue weighted by Gasteiger charge is -2.38. The van der Waals surface area contributed by atoms with Crippen LogP contribution in [-0.2, 0) is 16.0 Å². The van der Waals surface area contributed by atoms with E-state index in [2.05, 4.69) is 20.4 Å². The van der Waals surface area contributed by atoms with E-state index >= 15 is 0 Å². The fourth-order valence-corrected chi connectivity index (χ4v) is 3.79. The Morgan fingerprint density at radius 3 is 2.54 bits per heavy atom. The molecule has 26 heavy (non-hydrogen) atoms. The van der Waals surface area contributed by atoms with Crippen LogP contribution in [-0.4, -0.2) is 48.6 Å². The zero-order valence-electron chi connectivity index (χ0n) is 15.7. The number of carbonyl (C=O) groups is 2. The van der Waals surface area contributed by atoms with Crippen LogP contribution >= 0.6 is 0 Å². The van der Waals surface area contributed by atoms with E-state index in [-0.39, 0.29) is 24.0 Å². The number of ether oxygens (including phenoxy) is 1. The van der Waals surface area contributed by atoms with E-state index in [1.165, 1.54) is 6.08 Å². The van der Waals surface area contributed by atoms with E-state index < -0.39 is 0 Å². The van der Waals surface area contributed by atoms with Gasteiger partial charge in [0.05, 0.1) is 12.2 Å². The van der Waals surface area contributed by atoms with Crippen LogP contribution < -0.4 is 4.90 Å². The summed E-state index contributed by atoms with van der Waals surface area (Å²) in [6.45, 7) is 9.75. The highest BCUT2D eigenvalue weighted by Crippen LogP contribution is 2.29. The van der Waals surface area contributed by atoms with Crippen molar-refractivity contribution in [3.63, 3.8) is 0 Å². The average Bonchev–Trinajstić information content (AvgIpc) is 2.71. The lowest BCUT2D eigenvalue weighted by Crippen LogP contribution is -2.49. The molecule has 5 heteroatoms. The zero-order chi connectivity index (χ0) is 18.7. The molecule has 2 aliphatic rings. The first-order valence-corrected chi connectivity index (χ1v) is 9.58. The molecule has 0 saturated carbocycles.